The lowest BCUT2D eigenvalue weighted by atomic mass is 10.0. The summed E-state index contributed by atoms with van der Waals surface area (Å²) in [6.45, 7) is 5.24. The topological polar surface area (TPSA) is 136 Å². The molecule has 0 aliphatic heterocycles. The standard InChI is InChI=1S/C24H25ClN4O6/c1-24(2,3)35-23(31)26-18(13-14-6-5-7-16(12-14)22(30)34-4)21-27-19(20(25)28-21)15-8-10-17(11-9-15)29(32)33/h5-12,18H,13H2,1-4H3,(H,26,31)(H,27,28)/t18-/m0/s1. The van der Waals surface area contributed by atoms with Crippen LogP contribution in [-0.2, 0) is 15.9 Å². The van der Waals surface area contributed by atoms with Crippen LogP contribution in [0.1, 0.15) is 48.6 Å². The van der Waals surface area contributed by atoms with Gasteiger partial charge in [-0.15, -0.1) is 0 Å². The molecule has 0 unspecified atom stereocenters. The summed E-state index contributed by atoms with van der Waals surface area (Å²) in [5, 5.41) is 13.9. The lowest BCUT2D eigenvalue weighted by Crippen LogP contribution is -2.36. The largest absolute Gasteiger partial charge is 0.465 e. The summed E-state index contributed by atoms with van der Waals surface area (Å²) in [7, 11) is 1.30. The van der Waals surface area contributed by atoms with Crippen molar-refractivity contribution in [3.8, 4) is 11.3 Å². The van der Waals surface area contributed by atoms with E-state index in [-0.39, 0.29) is 17.3 Å². The summed E-state index contributed by atoms with van der Waals surface area (Å²) >= 11 is 6.40. The van der Waals surface area contributed by atoms with Gasteiger partial charge in [0.15, 0.2) is 0 Å². The SMILES string of the molecule is COC(=O)c1cccc(C[C@H](NC(=O)OC(C)(C)C)c2nc(-c3ccc([N+](=O)[O-])cc3)c(Cl)[nH]2)c1. The van der Waals surface area contributed by atoms with Crippen LogP contribution in [0.5, 0.6) is 0 Å². The van der Waals surface area contributed by atoms with E-state index in [0.29, 0.717) is 22.6 Å². The second kappa shape index (κ2) is 10.6. The molecule has 0 spiro atoms. The summed E-state index contributed by atoms with van der Waals surface area (Å²) < 4.78 is 10.2. The number of aromatic nitrogens is 2. The van der Waals surface area contributed by atoms with Crippen LogP contribution in [0.2, 0.25) is 5.15 Å². The first-order chi connectivity index (χ1) is 16.5. The monoisotopic (exact) mass is 500 g/mol. The quantitative estimate of drug-likeness (QED) is 0.257. The van der Waals surface area contributed by atoms with Crippen molar-refractivity contribution in [2.45, 2.75) is 38.8 Å². The number of nitrogens with one attached hydrogen (secondary N) is 2. The summed E-state index contributed by atoms with van der Waals surface area (Å²) in [5.41, 5.74) is 1.26. The molecule has 3 aromatic rings. The zero-order valence-electron chi connectivity index (χ0n) is 19.6. The van der Waals surface area contributed by atoms with Crippen LogP contribution < -0.4 is 5.32 Å². The predicted octanol–water partition coefficient (Wildman–Crippen LogP) is 5.23. The first-order valence-electron chi connectivity index (χ1n) is 10.6. The number of esters is 1. The molecule has 2 aromatic carbocycles. The van der Waals surface area contributed by atoms with E-state index in [1.165, 1.54) is 19.2 Å². The molecule has 0 saturated heterocycles. The van der Waals surface area contributed by atoms with Crippen molar-refractivity contribution in [2.75, 3.05) is 7.11 Å². The van der Waals surface area contributed by atoms with Gasteiger partial charge in [-0.3, -0.25) is 10.1 Å². The fourth-order valence-electron chi connectivity index (χ4n) is 3.31. The molecule has 3 rings (SSSR count). The molecule has 1 heterocycles. The molecule has 0 aliphatic rings. The van der Waals surface area contributed by atoms with Gasteiger partial charge in [-0.05, 0) is 50.6 Å². The number of nitro benzene ring substituents is 1. The van der Waals surface area contributed by atoms with Crippen LogP contribution in [0.4, 0.5) is 10.5 Å². The molecule has 0 fully saturated rings. The van der Waals surface area contributed by atoms with Crippen molar-refractivity contribution in [1.82, 2.24) is 15.3 Å². The number of imidazole rings is 1. The molecule has 2 N–H and O–H groups in total. The van der Waals surface area contributed by atoms with Gasteiger partial charge in [-0.25, -0.2) is 14.6 Å². The maximum atomic E-state index is 12.6. The molecule has 0 radical (unpaired) electrons. The van der Waals surface area contributed by atoms with Gasteiger partial charge in [0, 0.05) is 24.1 Å². The third-order valence-corrected chi connectivity index (χ3v) is 5.11. The van der Waals surface area contributed by atoms with Crippen molar-refractivity contribution in [2.24, 2.45) is 0 Å². The van der Waals surface area contributed by atoms with E-state index in [2.05, 4.69) is 15.3 Å². The fourth-order valence-corrected chi connectivity index (χ4v) is 3.56. The molecular weight excluding hydrogens is 476 g/mol. The molecule has 10 nitrogen and oxygen atoms in total. The zero-order valence-corrected chi connectivity index (χ0v) is 20.4. The number of nitrogens with zero attached hydrogens (tertiary/aromatic N) is 2. The Morgan fingerprint density at radius 3 is 2.49 bits per heavy atom. The predicted molar refractivity (Wildman–Crippen MR) is 129 cm³/mol. The minimum atomic E-state index is -0.718. The first-order valence-corrected chi connectivity index (χ1v) is 11.0. The van der Waals surface area contributed by atoms with Crippen molar-refractivity contribution in [3.63, 3.8) is 0 Å². The Hall–Kier alpha value is -3.92. The van der Waals surface area contributed by atoms with E-state index in [0.717, 1.165) is 5.56 Å². The fraction of sp³-hybridized carbons (Fsp3) is 0.292. The molecular formula is C24H25ClN4O6. The molecule has 0 saturated carbocycles. The number of ether oxygens (including phenoxy) is 2. The van der Waals surface area contributed by atoms with Gasteiger partial charge < -0.3 is 19.8 Å². The molecule has 35 heavy (non-hydrogen) atoms. The number of aromatic amines is 1. The minimum Gasteiger partial charge on any atom is -0.465 e. The van der Waals surface area contributed by atoms with Crippen molar-refractivity contribution < 1.29 is 24.0 Å². The average Bonchev–Trinajstić information content (AvgIpc) is 3.18. The number of nitro groups is 1. The second-order valence-electron chi connectivity index (χ2n) is 8.68. The number of non-ortho nitro benzene ring substituents is 1. The molecule has 1 amide bonds. The van der Waals surface area contributed by atoms with Crippen LogP contribution in [0.3, 0.4) is 0 Å². The summed E-state index contributed by atoms with van der Waals surface area (Å²) in [6.07, 6.45) is -0.399. The second-order valence-corrected chi connectivity index (χ2v) is 9.06. The van der Waals surface area contributed by atoms with E-state index in [1.807, 2.05) is 0 Å². The number of benzene rings is 2. The first kappa shape index (κ1) is 25.7. The number of hydrogen-bond acceptors (Lipinski definition) is 7. The zero-order chi connectivity index (χ0) is 25.8. The number of halogens is 1. The normalized spacial score (nSPS) is 12.0. The Kier molecular flexibility index (Phi) is 7.75. The van der Waals surface area contributed by atoms with Gasteiger partial charge in [0.05, 0.1) is 23.6 Å². The highest BCUT2D eigenvalue weighted by atomic mass is 35.5. The van der Waals surface area contributed by atoms with Gasteiger partial charge in [-0.2, -0.15) is 0 Å². The summed E-state index contributed by atoms with van der Waals surface area (Å²) in [4.78, 5) is 42.5. The maximum absolute atomic E-state index is 12.6. The Bertz CT molecular complexity index is 1230. The number of rotatable bonds is 7. The van der Waals surface area contributed by atoms with E-state index >= 15 is 0 Å². The van der Waals surface area contributed by atoms with Gasteiger partial charge >= 0.3 is 12.1 Å². The Balaban J connectivity index is 1.94. The van der Waals surface area contributed by atoms with Gasteiger partial charge in [-0.1, -0.05) is 23.7 Å². The van der Waals surface area contributed by atoms with E-state index in [1.54, 1.807) is 57.2 Å². The van der Waals surface area contributed by atoms with Crippen molar-refractivity contribution in [1.29, 1.82) is 0 Å². The summed E-state index contributed by atoms with van der Waals surface area (Å²) in [5.74, 6) is -0.136. The Labute approximate surface area is 206 Å². The molecule has 0 bridgehead atoms. The Morgan fingerprint density at radius 2 is 1.89 bits per heavy atom. The van der Waals surface area contributed by atoms with Crippen LogP contribution in [0, 0.1) is 10.1 Å². The number of hydrogen-bond donors (Lipinski definition) is 2. The highest BCUT2D eigenvalue weighted by molar-refractivity contribution is 6.31. The molecule has 1 aromatic heterocycles. The highest BCUT2D eigenvalue weighted by Crippen LogP contribution is 2.30. The highest BCUT2D eigenvalue weighted by Gasteiger charge is 2.25. The number of methoxy groups -OCH3 is 1. The van der Waals surface area contributed by atoms with E-state index < -0.39 is 28.6 Å². The van der Waals surface area contributed by atoms with Gasteiger partial charge in [0.25, 0.3) is 5.69 Å². The number of alkyl carbamates (subject to hydrolysis) is 1. The van der Waals surface area contributed by atoms with E-state index in [4.69, 9.17) is 21.1 Å². The lowest BCUT2D eigenvalue weighted by molar-refractivity contribution is -0.384. The Morgan fingerprint density at radius 1 is 1.20 bits per heavy atom. The van der Waals surface area contributed by atoms with Crippen molar-refractivity contribution >= 4 is 29.4 Å². The molecule has 184 valence electrons. The number of amides is 1. The maximum Gasteiger partial charge on any atom is 0.408 e. The van der Waals surface area contributed by atoms with Gasteiger partial charge in [0.2, 0.25) is 0 Å². The number of carbonyl (C=O) groups is 2. The molecule has 0 aliphatic carbocycles. The number of carbonyl (C=O) groups excluding carboxylic acids is 2. The van der Waals surface area contributed by atoms with E-state index in [9.17, 15) is 19.7 Å². The minimum absolute atomic E-state index is 0.0596. The van der Waals surface area contributed by atoms with Crippen LogP contribution in [0.25, 0.3) is 11.3 Å². The lowest BCUT2D eigenvalue weighted by Gasteiger charge is -2.23. The van der Waals surface area contributed by atoms with Crippen LogP contribution >= 0.6 is 11.6 Å². The number of H-pyrrole nitrogens is 1. The van der Waals surface area contributed by atoms with Crippen LogP contribution in [-0.4, -0.2) is 39.7 Å². The molecule has 1 atom stereocenters. The molecule has 11 heteroatoms. The summed E-state index contributed by atoms with van der Waals surface area (Å²) in [6, 6.07) is 11.9. The smallest absolute Gasteiger partial charge is 0.408 e. The third kappa shape index (κ3) is 6.80. The average molecular weight is 501 g/mol. The van der Waals surface area contributed by atoms with Crippen LogP contribution in [0.15, 0.2) is 48.5 Å². The van der Waals surface area contributed by atoms with Gasteiger partial charge in [0.1, 0.15) is 22.3 Å². The van der Waals surface area contributed by atoms with Crippen molar-refractivity contribution in [3.05, 3.63) is 80.7 Å². The third-order valence-electron chi connectivity index (χ3n) is 4.84.